The maximum atomic E-state index is 13.1. The van der Waals surface area contributed by atoms with Gasteiger partial charge < -0.3 is 11.1 Å². The highest BCUT2D eigenvalue weighted by Crippen LogP contribution is 2.16. The number of hydrogen-bond donors (Lipinski definition) is 2. The second kappa shape index (κ2) is 6.45. The van der Waals surface area contributed by atoms with E-state index in [1.54, 1.807) is 6.07 Å². The van der Waals surface area contributed by atoms with Gasteiger partial charge in [0.2, 0.25) is 5.91 Å². The number of nitrogens with one attached hydrogen (secondary N) is 1. The number of amides is 1. The van der Waals surface area contributed by atoms with E-state index in [9.17, 15) is 9.18 Å². The van der Waals surface area contributed by atoms with E-state index < -0.39 is 5.82 Å². The smallest absolute Gasteiger partial charge is 0.220 e. The highest BCUT2D eigenvalue weighted by atomic mass is 35.5. The molecule has 0 aromatic heterocycles. The molecule has 3 nitrogen and oxygen atoms in total. The first-order chi connectivity index (χ1) is 7.63. The van der Waals surface area contributed by atoms with Crippen LogP contribution in [0.5, 0.6) is 0 Å². The zero-order valence-electron chi connectivity index (χ0n) is 8.80. The van der Waals surface area contributed by atoms with Crippen molar-refractivity contribution in [2.45, 2.75) is 12.8 Å². The third-order valence-electron chi connectivity index (χ3n) is 2.09. The highest BCUT2D eigenvalue weighted by Gasteiger charge is 2.04. The molecule has 0 radical (unpaired) electrons. The number of nitrogens with two attached hydrogens (primary N) is 1. The van der Waals surface area contributed by atoms with Gasteiger partial charge in [-0.25, -0.2) is 4.39 Å². The van der Waals surface area contributed by atoms with Gasteiger partial charge in [-0.1, -0.05) is 17.7 Å². The van der Waals surface area contributed by atoms with Crippen LogP contribution in [-0.4, -0.2) is 19.0 Å². The van der Waals surface area contributed by atoms with E-state index in [0.717, 1.165) is 5.56 Å². The number of benzene rings is 1. The van der Waals surface area contributed by atoms with Gasteiger partial charge in [0.25, 0.3) is 0 Å². The molecule has 1 aromatic rings. The summed E-state index contributed by atoms with van der Waals surface area (Å²) < 4.78 is 13.1. The predicted octanol–water partition coefficient (Wildman–Crippen LogP) is 1.49. The van der Waals surface area contributed by atoms with Crippen molar-refractivity contribution in [1.82, 2.24) is 5.32 Å². The van der Waals surface area contributed by atoms with Gasteiger partial charge in [-0.05, 0) is 24.1 Å². The molecule has 0 aliphatic rings. The zero-order valence-corrected chi connectivity index (χ0v) is 9.56. The molecule has 0 spiro atoms. The van der Waals surface area contributed by atoms with Crippen molar-refractivity contribution in [3.8, 4) is 0 Å². The van der Waals surface area contributed by atoms with Gasteiger partial charge in [-0.2, -0.15) is 0 Å². The fraction of sp³-hybridized carbons (Fsp3) is 0.364. The van der Waals surface area contributed by atoms with Gasteiger partial charge in [0, 0.05) is 19.5 Å². The van der Waals surface area contributed by atoms with Crippen molar-refractivity contribution in [2.75, 3.05) is 13.1 Å². The van der Waals surface area contributed by atoms with E-state index in [-0.39, 0.29) is 10.9 Å². The van der Waals surface area contributed by atoms with Crippen LogP contribution in [0.25, 0.3) is 0 Å². The van der Waals surface area contributed by atoms with Crippen LogP contribution >= 0.6 is 11.6 Å². The van der Waals surface area contributed by atoms with Gasteiger partial charge >= 0.3 is 0 Å². The Kier molecular flexibility index (Phi) is 5.22. The van der Waals surface area contributed by atoms with E-state index in [1.165, 1.54) is 12.1 Å². The van der Waals surface area contributed by atoms with Crippen molar-refractivity contribution < 1.29 is 9.18 Å². The molecule has 0 aliphatic heterocycles. The lowest BCUT2D eigenvalue weighted by Gasteiger charge is -2.04. The van der Waals surface area contributed by atoms with Gasteiger partial charge in [0.15, 0.2) is 0 Å². The largest absolute Gasteiger partial charge is 0.355 e. The average Bonchev–Trinajstić information content (AvgIpc) is 2.28. The van der Waals surface area contributed by atoms with Crippen molar-refractivity contribution in [1.29, 1.82) is 0 Å². The fourth-order valence-electron chi connectivity index (χ4n) is 1.25. The standard InChI is InChI=1S/C11H14ClFN2O/c12-9-3-1-8(7-10(9)13)2-4-11(16)15-6-5-14/h1,3,7H,2,4-6,14H2,(H,15,16). The van der Waals surface area contributed by atoms with Crippen LogP contribution in [0.4, 0.5) is 4.39 Å². The molecule has 88 valence electrons. The normalized spacial score (nSPS) is 10.2. The molecule has 0 atom stereocenters. The molecule has 0 fully saturated rings. The number of hydrogen-bond acceptors (Lipinski definition) is 2. The quantitative estimate of drug-likeness (QED) is 0.825. The fourth-order valence-corrected chi connectivity index (χ4v) is 1.37. The van der Waals surface area contributed by atoms with Crippen LogP contribution in [0.3, 0.4) is 0 Å². The summed E-state index contributed by atoms with van der Waals surface area (Å²) in [5.74, 6) is -0.539. The van der Waals surface area contributed by atoms with Crippen LogP contribution in [0.15, 0.2) is 18.2 Å². The number of rotatable bonds is 5. The van der Waals surface area contributed by atoms with Crippen molar-refractivity contribution in [2.24, 2.45) is 5.73 Å². The summed E-state index contributed by atoms with van der Waals surface area (Å²) in [7, 11) is 0. The molecule has 0 saturated carbocycles. The maximum Gasteiger partial charge on any atom is 0.220 e. The Morgan fingerprint density at radius 2 is 2.25 bits per heavy atom. The van der Waals surface area contributed by atoms with E-state index >= 15 is 0 Å². The Morgan fingerprint density at radius 3 is 2.88 bits per heavy atom. The first-order valence-corrected chi connectivity index (χ1v) is 5.42. The first kappa shape index (κ1) is 12.9. The SMILES string of the molecule is NCCNC(=O)CCc1ccc(Cl)c(F)c1. The number of halogens is 2. The lowest BCUT2D eigenvalue weighted by Crippen LogP contribution is -2.29. The molecule has 16 heavy (non-hydrogen) atoms. The molecule has 0 heterocycles. The topological polar surface area (TPSA) is 55.1 Å². The van der Waals surface area contributed by atoms with Gasteiger partial charge in [-0.15, -0.1) is 0 Å². The molecule has 1 rings (SSSR count). The minimum Gasteiger partial charge on any atom is -0.355 e. The molecule has 5 heteroatoms. The second-order valence-corrected chi connectivity index (χ2v) is 3.79. The molecule has 0 aliphatic carbocycles. The third-order valence-corrected chi connectivity index (χ3v) is 2.40. The zero-order chi connectivity index (χ0) is 12.0. The van der Waals surface area contributed by atoms with E-state index in [2.05, 4.69) is 5.32 Å². The van der Waals surface area contributed by atoms with E-state index in [4.69, 9.17) is 17.3 Å². The summed E-state index contributed by atoms with van der Waals surface area (Å²) in [6, 6.07) is 4.55. The summed E-state index contributed by atoms with van der Waals surface area (Å²) in [4.78, 5) is 11.2. The van der Waals surface area contributed by atoms with Crippen LogP contribution in [0.1, 0.15) is 12.0 Å². The van der Waals surface area contributed by atoms with Crippen molar-refractivity contribution in [3.05, 3.63) is 34.6 Å². The Bertz CT molecular complexity index is 371. The van der Waals surface area contributed by atoms with E-state index in [0.29, 0.717) is 25.9 Å². The van der Waals surface area contributed by atoms with Gasteiger partial charge in [0.05, 0.1) is 5.02 Å². The lowest BCUT2D eigenvalue weighted by molar-refractivity contribution is -0.120. The third kappa shape index (κ3) is 4.16. The summed E-state index contributed by atoms with van der Waals surface area (Å²) in [5.41, 5.74) is 6.00. The number of carbonyl (C=O) groups excluding carboxylic acids is 1. The molecular weight excluding hydrogens is 231 g/mol. The lowest BCUT2D eigenvalue weighted by atomic mass is 10.1. The summed E-state index contributed by atoms with van der Waals surface area (Å²) >= 11 is 5.54. The molecule has 0 unspecified atom stereocenters. The Labute approximate surface area is 98.8 Å². The minimum atomic E-state index is -0.457. The predicted molar refractivity (Wildman–Crippen MR) is 61.8 cm³/mol. The Balaban J connectivity index is 2.42. The summed E-state index contributed by atoms with van der Waals surface area (Å²) in [6.45, 7) is 0.884. The molecular formula is C11H14ClFN2O. The Morgan fingerprint density at radius 1 is 1.50 bits per heavy atom. The van der Waals surface area contributed by atoms with Gasteiger partial charge in [-0.3, -0.25) is 4.79 Å². The summed E-state index contributed by atoms with van der Waals surface area (Å²) in [6.07, 6.45) is 0.811. The van der Waals surface area contributed by atoms with Crippen molar-refractivity contribution in [3.63, 3.8) is 0 Å². The van der Waals surface area contributed by atoms with Crippen molar-refractivity contribution >= 4 is 17.5 Å². The van der Waals surface area contributed by atoms with E-state index in [1.807, 2.05) is 0 Å². The number of carbonyl (C=O) groups is 1. The first-order valence-electron chi connectivity index (χ1n) is 5.04. The van der Waals surface area contributed by atoms with Crippen LogP contribution < -0.4 is 11.1 Å². The van der Waals surface area contributed by atoms with Crippen LogP contribution in [-0.2, 0) is 11.2 Å². The Hall–Kier alpha value is -1.13. The number of aryl methyl sites for hydroxylation is 1. The second-order valence-electron chi connectivity index (χ2n) is 3.39. The van der Waals surface area contributed by atoms with Crippen LogP contribution in [0, 0.1) is 5.82 Å². The molecule has 0 saturated heterocycles. The summed E-state index contributed by atoms with van der Waals surface area (Å²) in [5, 5.41) is 2.74. The average molecular weight is 245 g/mol. The molecule has 0 bridgehead atoms. The maximum absolute atomic E-state index is 13.1. The monoisotopic (exact) mass is 244 g/mol. The molecule has 1 aromatic carbocycles. The molecule has 1 amide bonds. The highest BCUT2D eigenvalue weighted by molar-refractivity contribution is 6.30. The minimum absolute atomic E-state index is 0.0826. The van der Waals surface area contributed by atoms with Gasteiger partial charge in [0.1, 0.15) is 5.82 Å². The van der Waals surface area contributed by atoms with Crippen LogP contribution in [0.2, 0.25) is 5.02 Å². The molecule has 3 N–H and O–H groups in total.